The number of likely N-dealkylation sites (tertiary alicyclic amines) is 1. The molecule has 2 aromatic carbocycles. The van der Waals surface area contributed by atoms with E-state index in [9.17, 15) is 18.8 Å². The van der Waals surface area contributed by atoms with Gasteiger partial charge in [-0.05, 0) is 54.8 Å². The van der Waals surface area contributed by atoms with Crippen molar-refractivity contribution < 1.29 is 23.9 Å². The molecule has 0 saturated carbocycles. The number of hydrogen-bond acceptors (Lipinski definition) is 3. The number of piperidine rings is 1. The first-order valence-corrected chi connectivity index (χ1v) is 8.84. The van der Waals surface area contributed by atoms with Gasteiger partial charge >= 0.3 is 5.97 Å². The van der Waals surface area contributed by atoms with Gasteiger partial charge in [-0.3, -0.25) is 9.59 Å². The van der Waals surface area contributed by atoms with Gasteiger partial charge in [0, 0.05) is 24.6 Å². The summed E-state index contributed by atoms with van der Waals surface area (Å²) >= 11 is 0. The van der Waals surface area contributed by atoms with Gasteiger partial charge in [0.15, 0.2) is 5.78 Å². The summed E-state index contributed by atoms with van der Waals surface area (Å²) in [6.07, 6.45) is 1.51. The smallest absolute Gasteiger partial charge is 0.335 e. The lowest BCUT2D eigenvalue weighted by molar-refractivity contribution is -0.131. The lowest BCUT2D eigenvalue weighted by Gasteiger charge is -2.32. The minimum Gasteiger partial charge on any atom is -0.478 e. The second-order valence-electron chi connectivity index (χ2n) is 6.73. The van der Waals surface area contributed by atoms with Gasteiger partial charge in [-0.1, -0.05) is 12.1 Å². The van der Waals surface area contributed by atoms with Crippen molar-refractivity contribution in [2.75, 3.05) is 13.1 Å². The molecule has 140 valence electrons. The fraction of sp³-hybridized carbons (Fsp3) is 0.286. The SMILES string of the molecule is O=C(O)c1cccc(CC(=O)N2CCCC(C(=O)c3ccc(F)cc3)C2)c1. The summed E-state index contributed by atoms with van der Waals surface area (Å²) in [5.41, 5.74) is 1.22. The molecule has 0 spiro atoms. The number of Topliss-reactive ketones (excluding diaryl/α,β-unsaturated/α-hetero) is 1. The number of ketones is 1. The van der Waals surface area contributed by atoms with Crippen molar-refractivity contribution >= 4 is 17.7 Å². The zero-order chi connectivity index (χ0) is 19.4. The molecule has 1 unspecified atom stereocenters. The maximum atomic E-state index is 13.0. The van der Waals surface area contributed by atoms with E-state index in [4.69, 9.17) is 5.11 Å². The molecule has 6 heteroatoms. The number of aromatic carboxylic acids is 1. The average Bonchev–Trinajstić information content (AvgIpc) is 2.68. The number of halogens is 1. The van der Waals surface area contributed by atoms with Crippen LogP contribution in [0.25, 0.3) is 0 Å². The third-order valence-electron chi connectivity index (χ3n) is 4.80. The Bertz CT molecular complexity index is 863. The fourth-order valence-corrected chi connectivity index (χ4v) is 3.37. The quantitative estimate of drug-likeness (QED) is 0.822. The van der Waals surface area contributed by atoms with Crippen molar-refractivity contribution in [1.82, 2.24) is 4.90 Å². The molecule has 1 aliphatic heterocycles. The first-order chi connectivity index (χ1) is 12.9. The molecule has 1 N–H and O–H groups in total. The maximum absolute atomic E-state index is 13.0. The lowest BCUT2D eigenvalue weighted by Crippen LogP contribution is -2.43. The summed E-state index contributed by atoms with van der Waals surface area (Å²) in [7, 11) is 0. The molecule has 1 fully saturated rings. The van der Waals surface area contributed by atoms with Crippen LogP contribution in [0.2, 0.25) is 0 Å². The van der Waals surface area contributed by atoms with Crippen LogP contribution >= 0.6 is 0 Å². The maximum Gasteiger partial charge on any atom is 0.335 e. The average molecular weight is 369 g/mol. The molecule has 0 aliphatic carbocycles. The standard InChI is InChI=1S/C21H20FNO4/c22-18-8-6-15(7-9-18)20(25)17-5-2-10-23(13-17)19(24)12-14-3-1-4-16(11-14)21(26)27/h1,3-4,6-9,11,17H,2,5,10,12-13H2,(H,26,27). The van der Waals surface area contributed by atoms with Gasteiger partial charge in [0.05, 0.1) is 12.0 Å². The van der Waals surface area contributed by atoms with E-state index in [0.29, 0.717) is 30.6 Å². The van der Waals surface area contributed by atoms with E-state index in [1.807, 2.05) is 0 Å². The number of hydrogen-bond donors (Lipinski definition) is 1. The second kappa shape index (κ2) is 8.12. The molecule has 0 bridgehead atoms. The van der Waals surface area contributed by atoms with E-state index in [1.54, 1.807) is 17.0 Å². The predicted molar refractivity (Wildman–Crippen MR) is 97.1 cm³/mol. The van der Waals surface area contributed by atoms with E-state index < -0.39 is 11.8 Å². The Kier molecular flexibility index (Phi) is 5.64. The van der Waals surface area contributed by atoms with E-state index in [2.05, 4.69) is 0 Å². The van der Waals surface area contributed by atoms with Gasteiger partial charge in [-0.2, -0.15) is 0 Å². The molecule has 1 heterocycles. The molecule has 0 aromatic heterocycles. The molecule has 3 rings (SSSR count). The van der Waals surface area contributed by atoms with Crippen LogP contribution in [0.5, 0.6) is 0 Å². The van der Waals surface area contributed by atoms with Gasteiger partial charge in [-0.15, -0.1) is 0 Å². The Morgan fingerprint density at radius 1 is 1.07 bits per heavy atom. The Labute approximate surface area is 156 Å². The number of amides is 1. The van der Waals surface area contributed by atoms with Gasteiger partial charge in [0.1, 0.15) is 5.82 Å². The number of carbonyl (C=O) groups is 3. The summed E-state index contributed by atoms with van der Waals surface area (Å²) in [6.45, 7) is 0.901. The number of nitrogens with zero attached hydrogens (tertiary/aromatic N) is 1. The zero-order valence-electron chi connectivity index (χ0n) is 14.7. The van der Waals surface area contributed by atoms with Crippen molar-refractivity contribution in [2.45, 2.75) is 19.3 Å². The Hall–Kier alpha value is -3.02. The third-order valence-corrected chi connectivity index (χ3v) is 4.80. The lowest BCUT2D eigenvalue weighted by atomic mass is 9.89. The third kappa shape index (κ3) is 4.58. The first-order valence-electron chi connectivity index (χ1n) is 8.84. The van der Waals surface area contributed by atoms with Gasteiger partial charge < -0.3 is 10.0 Å². The number of carbonyl (C=O) groups excluding carboxylic acids is 2. The number of carboxylic acids is 1. The van der Waals surface area contributed by atoms with Crippen LogP contribution in [0.15, 0.2) is 48.5 Å². The number of benzene rings is 2. The highest BCUT2D eigenvalue weighted by Gasteiger charge is 2.29. The van der Waals surface area contributed by atoms with Crippen LogP contribution in [0.4, 0.5) is 4.39 Å². The second-order valence-corrected chi connectivity index (χ2v) is 6.73. The van der Waals surface area contributed by atoms with E-state index in [-0.39, 0.29) is 29.6 Å². The molecule has 1 atom stereocenters. The summed E-state index contributed by atoms with van der Waals surface area (Å²) in [4.78, 5) is 38.0. The molecular weight excluding hydrogens is 349 g/mol. The topological polar surface area (TPSA) is 74.7 Å². The van der Waals surface area contributed by atoms with E-state index >= 15 is 0 Å². The molecule has 1 amide bonds. The van der Waals surface area contributed by atoms with Crippen molar-refractivity contribution in [3.05, 3.63) is 71.0 Å². The highest BCUT2D eigenvalue weighted by atomic mass is 19.1. The Balaban J connectivity index is 1.66. The molecule has 5 nitrogen and oxygen atoms in total. The van der Waals surface area contributed by atoms with E-state index in [0.717, 1.165) is 6.42 Å². The van der Waals surface area contributed by atoms with Crippen LogP contribution in [0, 0.1) is 11.7 Å². The summed E-state index contributed by atoms with van der Waals surface area (Å²) in [6, 6.07) is 11.8. The van der Waals surface area contributed by atoms with Crippen molar-refractivity contribution in [3.63, 3.8) is 0 Å². The van der Waals surface area contributed by atoms with Crippen LogP contribution in [-0.4, -0.2) is 40.8 Å². The van der Waals surface area contributed by atoms with Gasteiger partial charge in [-0.25, -0.2) is 9.18 Å². The van der Waals surface area contributed by atoms with Crippen LogP contribution < -0.4 is 0 Å². The van der Waals surface area contributed by atoms with E-state index in [1.165, 1.54) is 36.4 Å². The Morgan fingerprint density at radius 2 is 1.81 bits per heavy atom. The molecule has 0 radical (unpaired) electrons. The first kappa shape index (κ1) is 18.8. The molecule has 1 aliphatic rings. The van der Waals surface area contributed by atoms with Crippen LogP contribution in [0.1, 0.15) is 39.1 Å². The highest BCUT2D eigenvalue weighted by molar-refractivity contribution is 5.98. The van der Waals surface area contributed by atoms with Crippen molar-refractivity contribution in [3.8, 4) is 0 Å². The minimum atomic E-state index is -1.03. The van der Waals surface area contributed by atoms with Crippen LogP contribution in [0.3, 0.4) is 0 Å². The molecule has 2 aromatic rings. The highest BCUT2D eigenvalue weighted by Crippen LogP contribution is 2.22. The number of rotatable bonds is 5. The van der Waals surface area contributed by atoms with Crippen molar-refractivity contribution in [2.24, 2.45) is 5.92 Å². The molecule has 27 heavy (non-hydrogen) atoms. The summed E-state index contributed by atoms with van der Waals surface area (Å²) in [5, 5.41) is 9.06. The molecule has 1 saturated heterocycles. The fourth-order valence-electron chi connectivity index (χ4n) is 3.37. The molecular formula is C21H20FNO4. The summed E-state index contributed by atoms with van der Waals surface area (Å²) < 4.78 is 13.0. The Morgan fingerprint density at radius 3 is 2.52 bits per heavy atom. The van der Waals surface area contributed by atoms with Gasteiger partial charge in [0.2, 0.25) is 5.91 Å². The minimum absolute atomic E-state index is 0.0830. The number of carboxylic acid groups (broad SMARTS) is 1. The zero-order valence-corrected chi connectivity index (χ0v) is 14.7. The largest absolute Gasteiger partial charge is 0.478 e. The van der Waals surface area contributed by atoms with Crippen LogP contribution in [-0.2, 0) is 11.2 Å². The normalized spacial score (nSPS) is 16.8. The predicted octanol–water partition coefficient (Wildman–Crippen LogP) is 3.19. The monoisotopic (exact) mass is 369 g/mol. The van der Waals surface area contributed by atoms with Crippen molar-refractivity contribution in [1.29, 1.82) is 0 Å². The van der Waals surface area contributed by atoms with Gasteiger partial charge in [0.25, 0.3) is 0 Å². The summed E-state index contributed by atoms with van der Waals surface area (Å²) in [5.74, 6) is -1.95.